The van der Waals surface area contributed by atoms with Crippen molar-refractivity contribution in [2.24, 2.45) is 13.0 Å². The van der Waals surface area contributed by atoms with Gasteiger partial charge in [0.1, 0.15) is 5.82 Å². The molecule has 1 fully saturated rings. The largest absolute Gasteiger partial charge is 0.331 e. The smallest absolute Gasteiger partial charge is 0.109 e. The second kappa shape index (κ2) is 5.26. The number of thioether (sulfide) groups is 1. The molecule has 0 amide bonds. The summed E-state index contributed by atoms with van der Waals surface area (Å²) in [7, 11) is 2.08. The molecule has 0 spiro atoms. The van der Waals surface area contributed by atoms with Crippen LogP contribution in [0.4, 0.5) is 0 Å². The molecule has 1 aliphatic rings. The van der Waals surface area contributed by atoms with E-state index in [2.05, 4.69) is 29.4 Å². The van der Waals surface area contributed by atoms with Crippen LogP contribution in [0.15, 0.2) is 18.2 Å². The number of rotatable bonds is 2. The maximum Gasteiger partial charge on any atom is 0.109 e. The van der Waals surface area contributed by atoms with Crippen LogP contribution in [0.2, 0.25) is 0 Å². The Labute approximate surface area is 117 Å². The van der Waals surface area contributed by atoms with Gasteiger partial charge in [0.05, 0.1) is 22.7 Å². The normalized spacial score (nSPS) is 16.6. The van der Waals surface area contributed by atoms with Gasteiger partial charge in [0.2, 0.25) is 0 Å². The van der Waals surface area contributed by atoms with Crippen molar-refractivity contribution in [1.82, 2.24) is 9.55 Å². The molecule has 0 bridgehead atoms. The fourth-order valence-corrected chi connectivity index (χ4v) is 3.91. The lowest BCUT2D eigenvalue weighted by Gasteiger charge is -2.20. The molecule has 0 N–H and O–H groups in total. The van der Waals surface area contributed by atoms with Gasteiger partial charge in [0, 0.05) is 13.5 Å². The van der Waals surface area contributed by atoms with Crippen molar-refractivity contribution in [1.29, 1.82) is 5.26 Å². The third kappa shape index (κ3) is 2.48. The third-order valence-corrected chi connectivity index (χ3v) is 4.96. The van der Waals surface area contributed by atoms with Crippen LogP contribution in [-0.4, -0.2) is 21.1 Å². The minimum absolute atomic E-state index is 0.686. The van der Waals surface area contributed by atoms with Crippen molar-refractivity contribution in [2.45, 2.75) is 19.3 Å². The number of nitrogens with zero attached hydrogens (tertiary/aromatic N) is 3. The molecule has 19 heavy (non-hydrogen) atoms. The van der Waals surface area contributed by atoms with Crippen molar-refractivity contribution in [2.75, 3.05) is 11.5 Å². The Hall–Kier alpha value is -1.47. The van der Waals surface area contributed by atoms with Gasteiger partial charge in [-0.15, -0.1) is 0 Å². The molecular formula is C15H17N3S. The lowest BCUT2D eigenvalue weighted by atomic mass is 9.98. The summed E-state index contributed by atoms with van der Waals surface area (Å²) in [5.41, 5.74) is 2.76. The van der Waals surface area contributed by atoms with E-state index >= 15 is 0 Å². The monoisotopic (exact) mass is 271 g/mol. The first-order valence-electron chi connectivity index (χ1n) is 6.71. The lowest BCUT2D eigenvalue weighted by Crippen LogP contribution is -2.14. The summed E-state index contributed by atoms with van der Waals surface area (Å²) in [6.45, 7) is 0. The van der Waals surface area contributed by atoms with Crippen LogP contribution in [-0.2, 0) is 13.5 Å². The molecule has 0 unspecified atom stereocenters. The Balaban J connectivity index is 1.91. The molecule has 0 atom stereocenters. The van der Waals surface area contributed by atoms with Crippen molar-refractivity contribution < 1.29 is 0 Å². The highest BCUT2D eigenvalue weighted by atomic mass is 32.2. The van der Waals surface area contributed by atoms with Crippen molar-refractivity contribution in [3.05, 3.63) is 29.6 Å². The number of aromatic nitrogens is 2. The Morgan fingerprint density at radius 1 is 1.42 bits per heavy atom. The predicted octanol–water partition coefficient (Wildman–Crippen LogP) is 3.13. The van der Waals surface area contributed by atoms with Gasteiger partial charge in [-0.3, -0.25) is 0 Å². The van der Waals surface area contributed by atoms with E-state index in [1.165, 1.54) is 24.3 Å². The van der Waals surface area contributed by atoms with Gasteiger partial charge in [-0.25, -0.2) is 4.98 Å². The van der Waals surface area contributed by atoms with Gasteiger partial charge in [-0.05, 0) is 48.5 Å². The van der Waals surface area contributed by atoms with E-state index in [0.717, 1.165) is 29.2 Å². The molecule has 4 heteroatoms. The fraction of sp³-hybridized carbons (Fsp3) is 0.467. The Morgan fingerprint density at radius 2 is 2.21 bits per heavy atom. The van der Waals surface area contributed by atoms with E-state index in [1.54, 1.807) is 0 Å². The summed E-state index contributed by atoms with van der Waals surface area (Å²) in [4.78, 5) is 4.72. The minimum Gasteiger partial charge on any atom is -0.331 e. The summed E-state index contributed by atoms with van der Waals surface area (Å²) < 4.78 is 2.18. The predicted molar refractivity (Wildman–Crippen MR) is 79.2 cm³/mol. The molecule has 1 aliphatic heterocycles. The van der Waals surface area contributed by atoms with Crippen LogP contribution in [0, 0.1) is 17.2 Å². The van der Waals surface area contributed by atoms with E-state index < -0.39 is 0 Å². The zero-order chi connectivity index (χ0) is 13.2. The van der Waals surface area contributed by atoms with E-state index in [1.807, 2.05) is 18.2 Å². The van der Waals surface area contributed by atoms with Gasteiger partial charge in [-0.1, -0.05) is 0 Å². The highest BCUT2D eigenvalue weighted by Gasteiger charge is 2.17. The molecule has 0 aliphatic carbocycles. The standard InChI is InChI=1S/C15H17N3S/c1-18-14-3-2-12(10-16)8-13(14)17-15(18)9-11-4-6-19-7-5-11/h2-3,8,11H,4-7,9H2,1H3. The third-order valence-electron chi connectivity index (χ3n) is 3.91. The lowest BCUT2D eigenvalue weighted by molar-refractivity contribution is 0.471. The highest BCUT2D eigenvalue weighted by Crippen LogP contribution is 2.27. The van der Waals surface area contributed by atoms with Crippen LogP contribution in [0.3, 0.4) is 0 Å². The minimum atomic E-state index is 0.686. The quantitative estimate of drug-likeness (QED) is 0.842. The number of imidazole rings is 1. The zero-order valence-corrected chi connectivity index (χ0v) is 11.9. The molecule has 1 saturated heterocycles. The first-order chi connectivity index (χ1) is 9.28. The van der Waals surface area contributed by atoms with Crippen LogP contribution in [0.1, 0.15) is 24.2 Å². The molecule has 98 valence electrons. The van der Waals surface area contributed by atoms with Crippen LogP contribution >= 0.6 is 11.8 Å². The summed E-state index contributed by atoms with van der Waals surface area (Å²) in [6, 6.07) is 7.93. The molecular weight excluding hydrogens is 254 g/mol. The SMILES string of the molecule is Cn1c(CC2CCSCC2)nc2cc(C#N)ccc21. The van der Waals surface area contributed by atoms with E-state index in [0.29, 0.717) is 5.56 Å². The summed E-state index contributed by atoms with van der Waals surface area (Å²) >= 11 is 2.06. The van der Waals surface area contributed by atoms with Gasteiger partial charge in [0.25, 0.3) is 0 Å². The number of aryl methyl sites for hydroxylation is 1. The fourth-order valence-electron chi connectivity index (χ4n) is 2.71. The summed E-state index contributed by atoms with van der Waals surface area (Å²) in [6.07, 6.45) is 3.67. The van der Waals surface area contributed by atoms with Crippen molar-refractivity contribution in [3.63, 3.8) is 0 Å². The zero-order valence-electron chi connectivity index (χ0n) is 11.1. The Kier molecular flexibility index (Phi) is 3.48. The second-order valence-electron chi connectivity index (χ2n) is 5.16. The van der Waals surface area contributed by atoms with Crippen LogP contribution in [0.25, 0.3) is 11.0 Å². The average Bonchev–Trinajstić information content (AvgIpc) is 2.76. The first-order valence-corrected chi connectivity index (χ1v) is 7.86. The van der Waals surface area contributed by atoms with Crippen molar-refractivity contribution >= 4 is 22.8 Å². The Bertz CT molecular complexity index is 633. The molecule has 2 heterocycles. The summed E-state index contributed by atoms with van der Waals surface area (Å²) in [5, 5.41) is 8.95. The van der Waals surface area contributed by atoms with E-state index in [-0.39, 0.29) is 0 Å². The number of hydrogen-bond donors (Lipinski definition) is 0. The van der Waals surface area contributed by atoms with Gasteiger partial charge < -0.3 is 4.57 Å². The maximum absolute atomic E-state index is 8.95. The van der Waals surface area contributed by atoms with Gasteiger partial charge in [0.15, 0.2) is 0 Å². The molecule has 1 aromatic carbocycles. The topological polar surface area (TPSA) is 41.6 Å². The van der Waals surface area contributed by atoms with E-state index in [4.69, 9.17) is 10.2 Å². The van der Waals surface area contributed by atoms with E-state index in [9.17, 15) is 0 Å². The van der Waals surface area contributed by atoms with Crippen LogP contribution < -0.4 is 0 Å². The molecule has 3 nitrogen and oxygen atoms in total. The van der Waals surface area contributed by atoms with Gasteiger partial charge >= 0.3 is 0 Å². The number of hydrogen-bond acceptors (Lipinski definition) is 3. The molecule has 1 aromatic heterocycles. The number of nitriles is 1. The highest BCUT2D eigenvalue weighted by molar-refractivity contribution is 7.99. The first kappa shape index (κ1) is 12.6. The molecule has 0 radical (unpaired) electrons. The van der Waals surface area contributed by atoms with Gasteiger partial charge in [-0.2, -0.15) is 17.0 Å². The van der Waals surface area contributed by atoms with Crippen LogP contribution in [0.5, 0.6) is 0 Å². The molecule has 2 aromatic rings. The second-order valence-corrected chi connectivity index (χ2v) is 6.39. The number of benzene rings is 1. The number of fused-ring (bicyclic) bond motifs is 1. The average molecular weight is 271 g/mol. The maximum atomic E-state index is 8.95. The summed E-state index contributed by atoms with van der Waals surface area (Å²) in [5.74, 6) is 4.49. The van der Waals surface area contributed by atoms with Crippen molar-refractivity contribution in [3.8, 4) is 6.07 Å². The molecule has 0 saturated carbocycles. The molecule has 3 rings (SSSR count). The Morgan fingerprint density at radius 3 is 2.95 bits per heavy atom.